The molecule has 0 bridgehead atoms. The SMILES string of the molecule is COC(=O)c1cnc2c(-c3ccc(Cl)cc3)cnn2c1/C=C/N(C)C. The first-order valence-corrected chi connectivity index (χ1v) is 7.94. The molecule has 1 aromatic carbocycles. The van der Waals surface area contributed by atoms with Crippen LogP contribution in [0.3, 0.4) is 0 Å². The van der Waals surface area contributed by atoms with Gasteiger partial charge in [-0.3, -0.25) is 0 Å². The molecule has 0 aliphatic carbocycles. The van der Waals surface area contributed by atoms with Crippen LogP contribution in [0.4, 0.5) is 0 Å². The van der Waals surface area contributed by atoms with Crippen LogP contribution in [0.15, 0.2) is 42.9 Å². The first-order chi connectivity index (χ1) is 12.0. The van der Waals surface area contributed by atoms with E-state index in [1.54, 1.807) is 16.8 Å². The monoisotopic (exact) mass is 356 g/mol. The molecular formula is C18H17ClN4O2. The van der Waals surface area contributed by atoms with Gasteiger partial charge in [-0.25, -0.2) is 14.3 Å². The zero-order valence-corrected chi connectivity index (χ0v) is 14.9. The first kappa shape index (κ1) is 17.0. The minimum atomic E-state index is -0.462. The number of nitrogens with zero attached hydrogens (tertiary/aromatic N) is 4. The number of benzene rings is 1. The molecule has 0 aliphatic rings. The van der Waals surface area contributed by atoms with Gasteiger partial charge in [0.15, 0.2) is 5.65 Å². The smallest absolute Gasteiger partial charge is 0.341 e. The van der Waals surface area contributed by atoms with Crippen LogP contribution in [-0.4, -0.2) is 46.7 Å². The molecule has 0 saturated carbocycles. The second-order valence-corrected chi connectivity index (χ2v) is 6.07. The molecular weight excluding hydrogens is 340 g/mol. The summed E-state index contributed by atoms with van der Waals surface area (Å²) in [6.07, 6.45) is 6.88. The molecule has 0 fully saturated rings. The molecule has 3 rings (SSSR count). The van der Waals surface area contributed by atoms with Gasteiger partial charge in [-0.05, 0) is 23.8 Å². The van der Waals surface area contributed by atoms with Crippen LogP contribution in [0, 0.1) is 0 Å². The molecule has 0 aliphatic heterocycles. The maximum absolute atomic E-state index is 12.1. The number of hydrogen-bond acceptors (Lipinski definition) is 5. The average Bonchev–Trinajstić information content (AvgIpc) is 3.03. The Kier molecular flexibility index (Phi) is 4.72. The van der Waals surface area contributed by atoms with E-state index in [2.05, 4.69) is 10.1 Å². The Balaban J connectivity index is 2.21. The number of fused-ring (bicyclic) bond motifs is 1. The molecule has 6 nitrogen and oxygen atoms in total. The molecule has 25 heavy (non-hydrogen) atoms. The van der Waals surface area contributed by atoms with Crippen molar-refractivity contribution in [1.82, 2.24) is 19.5 Å². The molecule has 0 saturated heterocycles. The summed E-state index contributed by atoms with van der Waals surface area (Å²) in [6, 6.07) is 7.45. The van der Waals surface area contributed by atoms with Crippen LogP contribution in [0.5, 0.6) is 0 Å². The Morgan fingerprint density at radius 2 is 1.96 bits per heavy atom. The maximum Gasteiger partial charge on any atom is 0.341 e. The molecule has 0 radical (unpaired) electrons. The minimum absolute atomic E-state index is 0.346. The number of halogens is 1. The van der Waals surface area contributed by atoms with Crippen LogP contribution in [0.1, 0.15) is 16.1 Å². The van der Waals surface area contributed by atoms with Crippen molar-refractivity contribution in [3.63, 3.8) is 0 Å². The molecule has 0 spiro atoms. The summed E-state index contributed by atoms with van der Waals surface area (Å²) in [5.41, 5.74) is 3.39. The summed E-state index contributed by atoms with van der Waals surface area (Å²) in [4.78, 5) is 18.4. The standard InChI is InChI=1S/C18H17ClN4O2/c1-22(2)9-8-16-15(18(24)25-3)10-20-17-14(11-21-23(16)17)12-4-6-13(19)7-5-12/h4-11H,1-3H3/b9-8+. The summed E-state index contributed by atoms with van der Waals surface area (Å²) in [6.45, 7) is 0. The number of esters is 1. The summed E-state index contributed by atoms with van der Waals surface area (Å²) in [5.74, 6) is -0.462. The fourth-order valence-corrected chi connectivity index (χ4v) is 2.55. The summed E-state index contributed by atoms with van der Waals surface area (Å²) in [7, 11) is 5.14. The molecule has 0 unspecified atom stereocenters. The highest BCUT2D eigenvalue weighted by molar-refractivity contribution is 6.30. The first-order valence-electron chi connectivity index (χ1n) is 7.57. The maximum atomic E-state index is 12.1. The molecule has 128 valence electrons. The van der Waals surface area contributed by atoms with E-state index >= 15 is 0 Å². The van der Waals surface area contributed by atoms with Crippen molar-refractivity contribution in [3.05, 3.63) is 59.1 Å². The third kappa shape index (κ3) is 3.34. The molecule has 0 N–H and O–H groups in total. The Bertz CT molecular complexity index is 946. The minimum Gasteiger partial charge on any atom is -0.465 e. The third-order valence-corrected chi connectivity index (χ3v) is 3.91. The normalized spacial score (nSPS) is 11.2. The van der Waals surface area contributed by atoms with Crippen molar-refractivity contribution in [2.24, 2.45) is 0 Å². The van der Waals surface area contributed by atoms with E-state index in [1.807, 2.05) is 49.5 Å². The lowest BCUT2D eigenvalue weighted by atomic mass is 10.1. The molecule has 2 heterocycles. The van der Waals surface area contributed by atoms with Crippen LogP contribution in [0.2, 0.25) is 5.02 Å². The highest BCUT2D eigenvalue weighted by atomic mass is 35.5. The van der Waals surface area contributed by atoms with Gasteiger partial charge < -0.3 is 9.64 Å². The fourth-order valence-electron chi connectivity index (χ4n) is 2.43. The van der Waals surface area contributed by atoms with Gasteiger partial charge in [-0.1, -0.05) is 23.7 Å². The lowest BCUT2D eigenvalue weighted by molar-refractivity contribution is 0.0599. The zero-order chi connectivity index (χ0) is 18.0. The van der Waals surface area contributed by atoms with Crippen molar-refractivity contribution in [1.29, 1.82) is 0 Å². The van der Waals surface area contributed by atoms with Crippen molar-refractivity contribution in [2.75, 3.05) is 21.2 Å². The Hall–Kier alpha value is -2.86. The van der Waals surface area contributed by atoms with Crippen molar-refractivity contribution >= 4 is 29.3 Å². The average molecular weight is 357 g/mol. The number of methoxy groups -OCH3 is 1. The molecule has 0 atom stereocenters. The zero-order valence-electron chi connectivity index (χ0n) is 14.1. The van der Waals surface area contributed by atoms with Gasteiger partial charge in [0.2, 0.25) is 0 Å². The summed E-state index contributed by atoms with van der Waals surface area (Å²) in [5, 5.41) is 5.08. The number of rotatable bonds is 4. The van der Waals surface area contributed by atoms with Crippen molar-refractivity contribution in [2.45, 2.75) is 0 Å². The fraction of sp³-hybridized carbons (Fsp3) is 0.167. The van der Waals surface area contributed by atoms with Crippen LogP contribution in [-0.2, 0) is 4.74 Å². The van der Waals surface area contributed by atoms with Crippen LogP contribution >= 0.6 is 11.6 Å². The predicted octanol–water partition coefficient (Wildman–Crippen LogP) is 3.37. The summed E-state index contributed by atoms with van der Waals surface area (Å²) >= 11 is 5.96. The lowest BCUT2D eigenvalue weighted by Gasteiger charge is -2.09. The van der Waals surface area contributed by atoms with E-state index in [1.165, 1.54) is 13.3 Å². The topological polar surface area (TPSA) is 59.7 Å². The van der Waals surface area contributed by atoms with Gasteiger partial charge in [0, 0.05) is 37.1 Å². The van der Waals surface area contributed by atoms with Crippen LogP contribution in [0.25, 0.3) is 22.9 Å². The van der Waals surface area contributed by atoms with Gasteiger partial charge in [0.25, 0.3) is 0 Å². The second kappa shape index (κ2) is 6.94. The Morgan fingerprint density at radius 1 is 1.24 bits per heavy atom. The molecule has 0 amide bonds. The van der Waals surface area contributed by atoms with E-state index in [9.17, 15) is 4.79 Å². The van der Waals surface area contributed by atoms with Gasteiger partial charge in [-0.15, -0.1) is 0 Å². The number of aromatic nitrogens is 3. The molecule has 3 aromatic rings. The van der Waals surface area contributed by atoms with Crippen molar-refractivity contribution in [3.8, 4) is 11.1 Å². The quantitative estimate of drug-likeness (QED) is 0.671. The predicted molar refractivity (Wildman–Crippen MR) is 97.5 cm³/mol. The Labute approximate surface area is 150 Å². The van der Waals surface area contributed by atoms with Gasteiger partial charge in [0.1, 0.15) is 5.56 Å². The third-order valence-electron chi connectivity index (χ3n) is 3.65. The number of ether oxygens (including phenoxy) is 1. The summed E-state index contributed by atoms with van der Waals surface area (Å²) < 4.78 is 6.49. The van der Waals surface area contributed by atoms with Gasteiger partial charge in [-0.2, -0.15) is 5.10 Å². The second-order valence-electron chi connectivity index (χ2n) is 5.63. The van der Waals surface area contributed by atoms with E-state index in [4.69, 9.17) is 16.3 Å². The highest BCUT2D eigenvalue weighted by Crippen LogP contribution is 2.26. The lowest BCUT2D eigenvalue weighted by Crippen LogP contribution is -2.10. The molecule has 2 aromatic heterocycles. The van der Waals surface area contributed by atoms with Crippen molar-refractivity contribution < 1.29 is 9.53 Å². The van der Waals surface area contributed by atoms with Gasteiger partial charge in [0.05, 0.1) is 19.0 Å². The number of carbonyl (C=O) groups excluding carboxylic acids is 1. The highest BCUT2D eigenvalue weighted by Gasteiger charge is 2.18. The Morgan fingerprint density at radius 3 is 2.60 bits per heavy atom. The molecule has 7 heteroatoms. The number of hydrogen-bond donors (Lipinski definition) is 0. The van der Waals surface area contributed by atoms with E-state index in [0.717, 1.165) is 11.1 Å². The largest absolute Gasteiger partial charge is 0.465 e. The van der Waals surface area contributed by atoms with E-state index < -0.39 is 5.97 Å². The van der Waals surface area contributed by atoms with Crippen LogP contribution < -0.4 is 0 Å². The number of carbonyl (C=O) groups is 1. The van der Waals surface area contributed by atoms with E-state index in [-0.39, 0.29) is 0 Å². The van der Waals surface area contributed by atoms with Gasteiger partial charge >= 0.3 is 5.97 Å². The van der Waals surface area contributed by atoms with E-state index in [0.29, 0.717) is 21.9 Å².